The van der Waals surface area contributed by atoms with E-state index in [1.54, 1.807) is 18.2 Å². The second-order valence-corrected chi connectivity index (χ2v) is 12.9. The first-order valence-corrected chi connectivity index (χ1v) is 17.4. The smallest absolute Gasteiger partial charge is 0.416 e. The van der Waals surface area contributed by atoms with Gasteiger partial charge in [-0.25, -0.2) is 4.79 Å². The molecule has 0 bridgehead atoms. The van der Waals surface area contributed by atoms with E-state index in [-0.39, 0.29) is 25.0 Å². The molecule has 1 amide bonds. The minimum atomic E-state index is -4.46. The summed E-state index contributed by atoms with van der Waals surface area (Å²) >= 11 is 0. The maximum Gasteiger partial charge on any atom is 0.416 e. The summed E-state index contributed by atoms with van der Waals surface area (Å²) in [7, 11) is 1.47. The van der Waals surface area contributed by atoms with Gasteiger partial charge in [0.2, 0.25) is 5.91 Å². The van der Waals surface area contributed by atoms with Crippen molar-refractivity contribution in [2.75, 3.05) is 33.4 Å². The summed E-state index contributed by atoms with van der Waals surface area (Å²) in [5, 5.41) is 3.06. The van der Waals surface area contributed by atoms with Gasteiger partial charge in [0.15, 0.2) is 0 Å². The molecule has 0 aromatic heterocycles. The lowest BCUT2D eigenvalue weighted by Gasteiger charge is -2.27. The van der Waals surface area contributed by atoms with Crippen LogP contribution in [0.4, 0.5) is 13.2 Å². The van der Waals surface area contributed by atoms with Crippen molar-refractivity contribution in [2.45, 2.75) is 37.6 Å². The predicted octanol–water partition coefficient (Wildman–Crippen LogP) is 8.61. The highest BCUT2D eigenvalue weighted by Crippen LogP contribution is 2.46. The molecule has 5 aromatic carbocycles. The minimum Gasteiger partial charge on any atom is -0.461 e. The van der Waals surface area contributed by atoms with Gasteiger partial charge in [0.1, 0.15) is 6.61 Å². The van der Waals surface area contributed by atoms with E-state index < -0.39 is 23.8 Å². The zero-order chi connectivity index (χ0) is 36.5. The Bertz CT molecular complexity index is 1920. The van der Waals surface area contributed by atoms with E-state index in [2.05, 4.69) is 29.6 Å². The number of fused-ring (bicyclic) bond motifs is 3. The molecule has 1 N–H and O–H groups in total. The largest absolute Gasteiger partial charge is 0.461 e. The van der Waals surface area contributed by atoms with Crippen LogP contribution >= 0.6 is 0 Å². The summed E-state index contributed by atoms with van der Waals surface area (Å²) in [6.07, 6.45) is -4.11. The predicted molar refractivity (Wildman–Crippen MR) is 195 cm³/mol. The quantitative estimate of drug-likeness (QED) is 0.111. The monoisotopic (exact) mass is 706 g/mol. The molecule has 0 spiro atoms. The van der Waals surface area contributed by atoms with Crippen LogP contribution in [-0.2, 0) is 33.4 Å². The molecule has 1 atom stereocenters. The van der Waals surface area contributed by atoms with Gasteiger partial charge in [-0.2, -0.15) is 13.2 Å². The Hall–Kier alpha value is -5.25. The Morgan fingerprint density at radius 2 is 1.44 bits per heavy atom. The van der Waals surface area contributed by atoms with Crippen LogP contribution in [0.15, 0.2) is 127 Å². The number of nitrogens with one attached hydrogen (secondary N) is 1. The Balaban J connectivity index is 0.992. The molecule has 6 rings (SSSR count). The zero-order valence-corrected chi connectivity index (χ0v) is 28.9. The summed E-state index contributed by atoms with van der Waals surface area (Å²) < 4.78 is 51.4. The van der Waals surface area contributed by atoms with Crippen molar-refractivity contribution in [3.05, 3.63) is 166 Å². The number of alkyl halides is 3. The van der Waals surface area contributed by atoms with Crippen molar-refractivity contribution >= 4 is 11.9 Å². The molecule has 0 radical (unpaired) electrons. The highest BCUT2D eigenvalue weighted by molar-refractivity contribution is 5.89. The highest BCUT2D eigenvalue weighted by atomic mass is 19.4. The first kappa shape index (κ1) is 36.5. The van der Waals surface area contributed by atoms with Gasteiger partial charge in [0.25, 0.3) is 0 Å². The summed E-state index contributed by atoms with van der Waals surface area (Å²) in [6, 6.07) is 38.5. The highest BCUT2D eigenvalue weighted by Gasteiger charge is 2.32. The fourth-order valence-electron chi connectivity index (χ4n) is 6.78. The van der Waals surface area contributed by atoms with Crippen LogP contribution in [-0.4, -0.2) is 50.1 Å². The number of carbonyl (C=O) groups excluding carboxylic acids is 2. The number of methoxy groups -OCH3 is 1. The summed E-state index contributed by atoms with van der Waals surface area (Å²) in [5.41, 5.74) is 6.80. The van der Waals surface area contributed by atoms with Crippen LogP contribution in [0.5, 0.6) is 0 Å². The number of benzene rings is 5. The van der Waals surface area contributed by atoms with E-state index in [0.717, 1.165) is 23.3 Å². The molecule has 0 heterocycles. The second-order valence-electron chi connectivity index (χ2n) is 12.9. The van der Waals surface area contributed by atoms with Crippen molar-refractivity contribution in [1.29, 1.82) is 0 Å². The standard InChI is InChI=1S/C43H41F3N2O4/c1-51-40(33-12-9-13-34(26-33)43(44,45)46)29-48(28-31-10-3-2-4-11-31)24-25-52-42(50)32-20-18-30(19-21-32)22-23-47-41(49)27-39-37-16-7-5-14-35(37)36-15-6-8-17-38(36)39/h2-21,26,39-40H,22-25,27-29H2,1H3,(H,47,49). The van der Waals surface area contributed by atoms with Crippen LogP contribution in [0.1, 0.15) is 62.2 Å². The van der Waals surface area contributed by atoms with Crippen LogP contribution in [0.2, 0.25) is 0 Å². The SMILES string of the molecule is COC(CN(CCOC(=O)c1ccc(CCNC(=O)CC2c3ccccc3-c3ccccc32)cc1)Cc1ccccc1)c1cccc(C(F)(F)F)c1. The minimum absolute atomic E-state index is 0.00958. The van der Waals surface area contributed by atoms with E-state index >= 15 is 0 Å². The van der Waals surface area contributed by atoms with Crippen LogP contribution in [0, 0.1) is 0 Å². The number of carbonyl (C=O) groups is 2. The molecular weight excluding hydrogens is 665 g/mol. The van der Waals surface area contributed by atoms with E-state index in [4.69, 9.17) is 9.47 Å². The molecular formula is C43H41F3N2O4. The van der Waals surface area contributed by atoms with E-state index in [1.165, 1.54) is 35.4 Å². The summed E-state index contributed by atoms with van der Waals surface area (Å²) in [5.74, 6) is -0.456. The molecule has 1 aliphatic rings. The Labute approximate surface area is 302 Å². The zero-order valence-electron chi connectivity index (χ0n) is 28.9. The van der Waals surface area contributed by atoms with Gasteiger partial charge < -0.3 is 14.8 Å². The Morgan fingerprint density at radius 3 is 2.10 bits per heavy atom. The normalized spacial score (nSPS) is 13.0. The lowest BCUT2D eigenvalue weighted by molar-refractivity contribution is -0.137. The molecule has 0 saturated carbocycles. The number of ether oxygens (including phenoxy) is 2. The van der Waals surface area contributed by atoms with E-state index in [1.807, 2.05) is 71.6 Å². The lowest BCUT2D eigenvalue weighted by atomic mass is 9.93. The Kier molecular flexibility index (Phi) is 11.8. The van der Waals surface area contributed by atoms with Gasteiger partial charge >= 0.3 is 12.1 Å². The number of esters is 1. The number of amides is 1. The molecule has 6 nitrogen and oxygen atoms in total. The molecule has 1 aliphatic carbocycles. The van der Waals surface area contributed by atoms with Gasteiger partial charge in [-0.15, -0.1) is 0 Å². The number of rotatable bonds is 15. The van der Waals surface area contributed by atoms with Crippen molar-refractivity contribution in [3.8, 4) is 11.1 Å². The topological polar surface area (TPSA) is 67.9 Å². The fourth-order valence-corrected chi connectivity index (χ4v) is 6.78. The maximum atomic E-state index is 13.4. The first-order valence-electron chi connectivity index (χ1n) is 17.4. The first-order chi connectivity index (χ1) is 25.2. The number of hydrogen-bond acceptors (Lipinski definition) is 5. The average molecular weight is 707 g/mol. The number of hydrogen-bond donors (Lipinski definition) is 1. The fraction of sp³-hybridized carbons (Fsp3) is 0.256. The number of halogens is 3. The van der Waals surface area contributed by atoms with Gasteiger partial charge in [0.05, 0.1) is 17.2 Å². The van der Waals surface area contributed by atoms with Crippen LogP contribution < -0.4 is 5.32 Å². The van der Waals surface area contributed by atoms with Crippen LogP contribution in [0.3, 0.4) is 0 Å². The molecule has 5 aromatic rings. The molecule has 0 saturated heterocycles. The molecule has 0 aliphatic heterocycles. The molecule has 52 heavy (non-hydrogen) atoms. The summed E-state index contributed by atoms with van der Waals surface area (Å²) in [6.45, 7) is 1.67. The number of nitrogens with zero attached hydrogens (tertiary/aromatic N) is 1. The van der Waals surface area contributed by atoms with Crippen molar-refractivity contribution in [1.82, 2.24) is 10.2 Å². The summed E-state index contributed by atoms with van der Waals surface area (Å²) in [4.78, 5) is 27.9. The van der Waals surface area contributed by atoms with E-state index in [0.29, 0.717) is 43.6 Å². The van der Waals surface area contributed by atoms with Crippen LogP contribution in [0.25, 0.3) is 11.1 Å². The third-order valence-electron chi connectivity index (χ3n) is 9.46. The van der Waals surface area contributed by atoms with Crippen molar-refractivity contribution < 1.29 is 32.2 Å². The third-order valence-corrected chi connectivity index (χ3v) is 9.46. The van der Waals surface area contributed by atoms with Gasteiger partial charge in [0, 0.05) is 45.6 Å². The molecule has 268 valence electrons. The second kappa shape index (κ2) is 16.8. The maximum absolute atomic E-state index is 13.4. The van der Waals surface area contributed by atoms with Crippen molar-refractivity contribution in [3.63, 3.8) is 0 Å². The molecule has 0 fully saturated rings. The lowest BCUT2D eigenvalue weighted by Crippen LogP contribution is -2.32. The van der Waals surface area contributed by atoms with Gasteiger partial charge in [-0.05, 0) is 69.6 Å². The van der Waals surface area contributed by atoms with Crippen molar-refractivity contribution in [2.24, 2.45) is 0 Å². The van der Waals surface area contributed by atoms with Gasteiger partial charge in [-0.1, -0.05) is 103 Å². The average Bonchev–Trinajstić information content (AvgIpc) is 3.47. The van der Waals surface area contributed by atoms with E-state index in [9.17, 15) is 22.8 Å². The molecule has 9 heteroatoms. The molecule has 1 unspecified atom stereocenters. The Morgan fingerprint density at radius 1 is 0.788 bits per heavy atom. The van der Waals surface area contributed by atoms with Gasteiger partial charge in [-0.3, -0.25) is 9.69 Å². The third kappa shape index (κ3) is 9.15.